The largest absolute Gasteiger partial charge is 0.492 e. The third kappa shape index (κ3) is 9.04. The molecule has 0 saturated carbocycles. The van der Waals surface area contributed by atoms with Crippen molar-refractivity contribution in [3.05, 3.63) is 95.8 Å². The van der Waals surface area contributed by atoms with Crippen LogP contribution in [0.2, 0.25) is 0 Å². The average molecular weight is 584 g/mol. The zero-order chi connectivity index (χ0) is 29.8. The van der Waals surface area contributed by atoms with Crippen LogP contribution in [0.4, 0.5) is 10.1 Å². The maximum Gasteiger partial charge on any atom is 0.243 e. The van der Waals surface area contributed by atoms with Crippen LogP contribution in [0.5, 0.6) is 5.75 Å². The zero-order valence-corrected chi connectivity index (χ0v) is 24.6. The molecule has 0 radical (unpaired) electrons. The summed E-state index contributed by atoms with van der Waals surface area (Å²) in [7, 11) is -3.69. The Labute approximate surface area is 242 Å². The number of amides is 2. The van der Waals surface area contributed by atoms with Gasteiger partial charge < -0.3 is 15.0 Å². The summed E-state index contributed by atoms with van der Waals surface area (Å²) in [6, 6.07) is 21.4. The molecule has 41 heavy (non-hydrogen) atoms. The van der Waals surface area contributed by atoms with Crippen LogP contribution in [0.1, 0.15) is 37.8 Å². The fourth-order valence-electron chi connectivity index (χ4n) is 4.58. The molecule has 3 aromatic carbocycles. The van der Waals surface area contributed by atoms with E-state index in [4.69, 9.17) is 4.74 Å². The first kappa shape index (κ1) is 31.6. The van der Waals surface area contributed by atoms with Gasteiger partial charge in [-0.15, -0.1) is 0 Å². The van der Waals surface area contributed by atoms with Crippen molar-refractivity contribution in [3.63, 3.8) is 0 Å². The molecule has 1 atom stereocenters. The first-order valence-electron chi connectivity index (χ1n) is 13.7. The topological polar surface area (TPSA) is 96.0 Å². The molecule has 0 heterocycles. The van der Waals surface area contributed by atoms with Crippen molar-refractivity contribution < 1.29 is 27.1 Å². The molecule has 2 amide bonds. The zero-order valence-electron chi connectivity index (χ0n) is 23.8. The summed E-state index contributed by atoms with van der Waals surface area (Å²) >= 11 is 0. The van der Waals surface area contributed by atoms with E-state index in [0.29, 0.717) is 24.6 Å². The second-order valence-corrected chi connectivity index (χ2v) is 11.5. The van der Waals surface area contributed by atoms with Crippen molar-refractivity contribution in [2.75, 3.05) is 30.3 Å². The maximum absolute atomic E-state index is 14.7. The number of hydrogen-bond acceptors (Lipinski definition) is 5. The molecule has 0 saturated heterocycles. The molecule has 0 aliphatic heterocycles. The Kier molecular flexibility index (Phi) is 11.7. The van der Waals surface area contributed by atoms with Crippen LogP contribution < -0.4 is 14.4 Å². The third-order valence-electron chi connectivity index (χ3n) is 6.51. The van der Waals surface area contributed by atoms with Gasteiger partial charge in [-0.1, -0.05) is 60.7 Å². The number of sulfonamides is 1. The third-order valence-corrected chi connectivity index (χ3v) is 7.69. The van der Waals surface area contributed by atoms with Gasteiger partial charge in [-0.25, -0.2) is 12.8 Å². The maximum atomic E-state index is 14.7. The molecular formula is C31H38FN3O5S. The number of carbonyl (C=O) groups excluding carboxylic acids is 2. The van der Waals surface area contributed by atoms with Crippen LogP contribution in [0.25, 0.3) is 0 Å². The fraction of sp³-hybridized carbons (Fsp3) is 0.355. The number of nitrogens with zero attached hydrogens (tertiary/aromatic N) is 2. The summed E-state index contributed by atoms with van der Waals surface area (Å²) in [4.78, 5) is 28.4. The molecule has 8 nitrogen and oxygen atoms in total. The summed E-state index contributed by atoms with van der Waals surface area (Å²) in [6.45, 7) is 4.25. The van der Waals surface area contributed by atoms with Crippen LogP contribution in [-0.2, 0) is 32.6 Å². The molecule has 0 unspecified atom stereocenters. The summed E-state index contributed by atoms with van der Waals surface area (Å²) in [5, 5.41) is 2.81. The number of likely N-dealkylation sites (N-methyl/N-ethyl adjacent to an activating group) is 1. The molecule has 0 fully saturated rings. The molecule has 0 aliphatic carbocycles. The second-order valence-electron chi connectivity index (χ2n) is 9.55. The number of ether oxygens (including phenoxy) is 1. The lowest BCUT2D eigenvalue weighted by Gasteiger charge is -2.32. The van der Waals surface area contributed by atoms with Crippen molar-refractivity contribution in [3.8, 4) is 5.75 Å². The lowest BCUT2D eigenvalue weighted by Crippen LogP contribution is -2.50. The highest BCUT2D eigenvalue weighted by atomic mass is 32.2. The SMILES string of the molecule is CCNC(=O)[C@@H](Cc1ccccc1)N(Cc1ccccc1F)C(=O)CCCN(c1ccccc1OCC)S(C)(=O)=O. The minimum absolute atomic E-state index is 0.0205. The van der Waals surface area contributed by atoms with Gasteiger partial charge in [0.05, 0.1) is 18.6 Å². The van der Waals surface area contributed by atoms with Gasteiger partial charge in [0, 0.05) is 38.0 Å². The van der Waals surface area contributed by atoms with Crippen LogP contribution in [0.15, 0.2) is 78.9 Å². The molecule has 0 aromatic heterocycles. The summed E-state index contributed by atoms with van der Waals surface area (Å²) in [5.74, 6) is -0.779. The van der Waals surface area contributed by atoms with Crippen LogP contribution in [0.3, 0.4) is 0 Å². The minimum atomic E-state index is -3.69. The molecule has 3 rings (SSSR count). The highest BCUT2D eigenvalue weighted by Gasteiger charge is 2.31. The van der Waals surface area contributed by atoms with Crippen molar-refractivity contribution in [1.29, 1.82) is 0 Å². The smallest absolute Gasteiger partial charge is 0.243 e. The number of carbonyl (C=O) groups is 2. The number of nitrogens with one attached hydrogen (secondary N) is 1. The second kappa shape index (κ2) is 15.2. The quantitative estimate of drug-likeness (QED) is 0.283. The van der Waals surface area contributed by atoms with E-state index in [0.717, 1.165) is 11.8 Å². The van der Waals surface area contributed by atoms with E-state index in [1.165, 1.54) is 15.3 Å². The Hall–Kier alpha value is -3.92. The molecular weight excluding hydrogens is 545 g/mol. The molecule has 3 aromatic rings. The fourth-order valence-corrected chi connectivity index (χ4v) is 5.55. The van der Waals surface area contributed by atoms with Gasteiger partial charge in [0.1, 0.15) is 17.6 Å². The van der Waals surface area contributed by atoms with E-state index in [9.17, 15) is 22.4 Å². The Morgan fingerprint density at radius 3 is 2.27 bits per heavy atom. The summed E-state index contributed by atoms with van der Waals surface area (Å²) < 4.78 is 47.0. The van der Waals surface area contributed by atoms with E-state index in [1.54, 1.807) is 49.4 Å². The number of hydrogen-bond donors (Lipinski definition) is 1. The number of rotatable bonds is 15. The van der Waals surface area contributed by atoms with Crippen LogP contribution in [-0.4, -0.2) is 57.1 Å². The Balaban J connectivity index is 1.88. The Morgan fingerprint density at radius 2 is 1.61 bits per heavy atom. The van der Waals surface area contributed by atoms with Crippen LogP contribution >= 0.6 is 0 Å². The van der Waals surface area contributed by atoms with Crippen molar-refractivity contribution >= 4 is 27.5 Å². The Bertz CT molecular complexity index is 1400. The van der Waals surface area contributed by atoms with E-state index in [1.807, 2.05) is 37.3 Å². The monoisotopic (exact) mass is 583 g/mol. The molecule has 10 heteroatoms. The molecule has 0 spiro atoms. The molecule has 1 N–H and O–H groups in total. The van der Waals surface area contributed by atoms with Gasteiger partial charge in [0.15, 0.2) is 0 Å². The van der Waals surface area contributed by atoms with Gasteiger partial charge in [-0.05, 0) is 44.0 Å². The van der Waals surface area contributed by atoms with Gasteiger partial charge in [-0.2, -0.15) is 0 Å². The van der Waals surface area contributed by atoms with Gasteiger partial charge in [-0.3, -0.25) is 13.9 Å². The van der Waals surface area contributed by atoms with Gasteiger partial charge >= 0.3 is 0 Å². The number of para-hydroxylation sites is 2. The summed E-state index contributed by atoms with van der Waals surface area (Å²) in [6.07, 6.45) is 1.46. The van der Waals surface area contributed by atoms with E-state index in [2.05, 4.69) is 5.32 Å². The predicted octanol–water partition coefficient (Wildman–Crippen LogP) is 4.55. The summed E-state index contributed by atoms with van der Waals surface area (Å²) in [5.41, 5.74) is 1.52. The molecule has 220 valence electrons. The van der Waals surface area contributed by atoms with E-state index >= 15 is 0 Å². The highest BCUT2D eigenvalue weighted by molar-refractivity contribution is 7.92. The van der Waals surface area contributed by atoms with E-state index < -0.39 is 21.9 Å². The number of halogens is 1. The average Bonchev–Trinajstić information content (AvgIpc) is 2.94. The first-order chi connectivity index (χ1) is 19.7. The van der Waals surface area contributed by atoms with Crippen molar-refractivity contribution in [1.82, 2.24) is 10.2 Å². The van der Waals surface area contributed by atoms with Crippen LogP contribution in [0, 0.1) is 5.82 Å². The Morgan fingerprint density at radius 1 is 0.951 bits per heavy atom. The van der Waals surface area contributed by atoms with Crippen molar-refractivity contribution in [2.24, 2.45) is 0 Å². The molecule has 0 aliphatic rings. The lowest BCUT2D eigenvalue weighted by atomic mass is 10.0. The first-order valence-corrected chi connectivity index (χ1v) is 15.5. The highest BCUT2D eigenvalue weighted by Crippen LogP contribution is 2.30. The minimum Gasteiger partial charge on any atom is -0.492 e. The van der Waals surface area contributed by atoms with Gasteiger partial charge in [0.2, 0.25) is 21.8 Å². The number of anilines is 1. The van der Waals surface area contributed by atoms with Crippen molar-refractivity contribution in [2.45, 2.75) is 45.7 Å². The standard InChI is InChI=1S/C31H38FN3O5S/c1-4-33-31(37)28(22-24-14-7-6-8-15-24)34(23-25-16-9-10-17-26(25)32)30(36)20-13-21-35(41(3,38)39)27-18-11-12-19-29(27)40-5-2/h6-12,14-19,28H,4-5,13,20-23H2,1-3H3,(H,33,37)/t28-/m1/s1. The lowest BCUT2D eigenvalue weighted by molar-refractivity contribution is -0.141. The van der Waals surface area contributed by atoms with Gasteiger partial charge in [0.25, 0.3) is 0 Å². The van der Waals surface area contributed by atoms with E-state index in [-0.39, 0.29) is 49.7 Å². The molecule has 0 bridgehead atoms. The predicted molar refractivity (Wildman–Crippen MR) is 159 cm³/mol. The number of benzene rings is 3. The normalized spacial score (nSPS) is 11.9.